The molecule has 0 aliphatic rings. The number of rotatable bonds is 8. The minimum absolute atomic E-state index is 0.00366. The van der Waals surface area contributed by atoms with E-state index in [2.05, 4.69) is 23.3 Å². The molecule has 130 valence electrons. The van der Waals surface area contributed by atoms with Gasteiger partial charge in [0, 0.05) is 5.56 Å². The maximum atomic E-state index is 11.3. The first-order chi connectivity index (χ1) is 11.7. The van der Waals surface area contributed by atoms with Crippen LogP contribution in [0.3, 0.4) is 0 Å². The maximum Gasteiger partial charge on any atom is 0.161 e. The van der Waals surface area contributed by atoms with Crippen LogP contribution in [-0.2, 0) is 11.3 Å². The number of carbonyl (C=O) groups is 1. The molecule has 0 N–H and O–H groups in total. The van der Waals surface area contributed by atoms with E-state index in [0.717, 1.165) is 5.56 Å². The molecule has 0 bridgehead atoms. The zero-order valence-electron chi connectivity index (χ0n) is 13.8. The van der Waals surface area contributed by atoms with Gasteiger partial charge in [-0.3, -0.25) is 4.79 Å². The second kappa shape index (κ2) is 11.8. The van der Waals surface area contributed by atoms with Gasteiger partial charge in [-0.25, -0.2) is 0 Å². The molecule has 6 heteroatoms. The second-order valence-corrected chi connectivity index (χ2v) is 4.81. The van der Waals surface area contributed by atoms with E-state index in [-0.39, 0.29) is 5.78 Å². The zero-order chi connectivity index (χ0) is 17.8. The third-order valence-electron chi connectivity index (χ3n) is 3.17. The average Bonchev–Trinajstić information content (AvgIpc) is 2.64. The molecule has 2 aromatic carbocycles. The van der Waals surface area contributed by atoms with Crippen LogP contribution < -0.4 is 9.47 Å². The number of Topliss-reactive ketones (excluding diaryl/α,β-unsaturated/α-hetero) is 1. The number of hydrogen-bond acceptors (Lipinski definition) is 6. The molecule has 0 saturated carbocycles. The van der Waals surface area contributed by atoms with Crippen LogP contribution in [0.1, 0.15) is 22.8 Å². The summed E-state index contributed by atoms with van der Waals surface area (Å²) < 4.78 is 16.4. The van der Waals surface area contributed by atoms with E-state index in [1.54, 1.807) is 25.3 Å². The first kappa shape index (κ1) is 20.4. The number of hydrogen-bond donors (Lipinski definition) is 2. The number of ether oxygens (including phenoxy) is 3. The van der Waals surface area contributed by atoms with Crippen molar-refractivity contribution in [3.05, 3.63) is 59.7 Å². The summed E-state index contributed by atoms with van der Waals surface area (Å²) in [6, 6.07) is 15.1. The maximum absolute atomic E-state index is 11.3. The van der Waals surface area contributed by atoms with Crippen molar-refractivity contribution in [1.82, 2.24) is 0 Å². The van der Waals surface area contributed by atoms with E-state index in [1.807, 2.05) is 30.3 Å². The summed E-state index contributed by atoms with van der Waals surface area (Å²) >= 11 is 6.44. The van der Waals surface area contributed by atoms with Crippen LogP contribution in [-0.4, -0.2) is 26.1 Å². The molecule has 2 aromatic rings. The fourth-order valence-electron chi connectivity index (χ4n) is 1.98. The van der Waals surface area contributed by atoms with Crippen LogP contribution in [0.15, 0.2) is 48.5 Å². The van der Waals surface area contributed by atoms with Gasteiger partial charge < -0.3 is 14.2 Å². The van der Waals surface area contributed by atoms with Crippen molar-refractivity contribution in [1.29, 1.82) is 0 Å². The van der Waals surface area contributed by atoms with Crippen LogP contribution in [0.25, 0.3) is 0 Å². The topological polar surface area (TPSA) is 44.8 Å². The van der Waals surface area contributed by atoms with Crippen molar-refractivity contribution < 1.29 is 19.0 Å². The third-order valence-corrected chi connectivity index (χ3v) is 3.17. The summed E-state index contributed by atoms with van der Waals surface area (Å²) in [5, 5.41) is 0. The highest BCUT2D eigenvalue weighted by atomic mass is 33.1. The zero-order valence-corrected chi connectivity index (χ0v) is 15.6. The van der Waals surface area contributed by atoms with Crippen LogP contribution in [0.2, 0.25) is 0 Å². The van der Waals surface area contributed by atoms with Crippen molar-refractivity contribution in [2.24, 2.45) is 0 Å². The lowest BCUT2D eigenvalue weighted by Crippen LogP contribution is -2.07. The molecule has 0 radical (unpaired) electrons. The first-order valence-electron chi connectivity index (χ1n) is 7.34. The molecule has 0 aromatic heterocycles. The van der Waals surface area contributed by atoms with Gasteiger partial charge in [-0.05, 0) is 30.7 Å². The summed E-state index contributed by atoms with van der Waals surface area (Å²) in [6.45, 7) is 2.98. The van der Waals surface area contributed by atoms with Crippen molar-refractivity contribution in [3.63, 3.8) is 0 Å². The van der Waals surface area contributed by atoms with E-state index in [4.69, 9.17) is 14.2 Å². The molecule has 0 amide bonds. The van der Waals surface area contributed by atoms with Crippen molar-refractivity contribution >= 4 is 29.1 Å². The quantitative estimate of drug-likeness (QED) is 0.317. The summed E-state index contributed by atoms with van der Waals surface area (Å²) in [5.74, 6) is 1.16. The Balaban J connectivity index is 0.00000139. The van der Waals surface area contributed by atoms with E-state index >= 15 is 0 Å². The monoisotopic (exact) mass is 366 g/mol. The molecule has 4 nitrogen and oxygen atoms in total. The average molecular weight is 367 g/mol. The molecule has 0 spiro atoms. The number of thiol groups is 2. The molecule has 24 heavy (non-hydrogen) atoms. The Labute approximate surface area is 153 Å². The van der Waals surface area contributed by atoms with E-state index in [1.165, 1.54) is 6.92 Å². The molecule has 0 aliphatic heterocycles. The highest BCUT2D eigenvalue weighted by Crippen LogP contribution is 2.28. The SMILES string of the molecule is COc1cc(C(C)=O)ccc1OCCOCc1ccccc1.SS. The molecule has 0 aliphatic carbocycles. The number of carbonyl (C=O) groups excluding carboxylic acids is 1. The van der Waals surface area contributed by atoms with Crippen LogP contribution in [0.4, 0.5) is 0 Å². The van der Waals surface area contributed by atoms with Crippen molar-refractivity contribution in [3.8, 4) is 11.5 Å². The fraction of sp³-hybridized carbons (Fsp3) is 0.278. The lowest BCUT2D eigenvalue weighted by Gasteiger charge is -2.11. The number of methoxy groups -OCH3 is 1. The van der Waals surface area contributed by atoms with Crippen molar-refractivity contribution in [2.75, 3.05) is 20.3 Å². The van der Waals surface area contributed by atoms with Gasteiger partial charge in [-0.15, -0.1) is 23.3 Å². The Bertz CT molecular complexity index is 618. The largest absolute Gasteiger partial charge is 0.493 e. The second-order valence-electron chi connectivity index (χ2n) is 4.81. The number of ketones is 1. The van der Waals surface area contributed by atoms with Gasteiger partial charge in [0.05, 0.1) is 20.3 Å². The first-order valence-corrected chi connectivity index (χ1v) is 8.94. The van der Waals surface area contributed by atoms with Crippen LogP contribution >= 0.6 is 23.3 Å². The van der Waals surface area contributed by atoms with E-state index in [0.29, 0.717) is 36.9 Å². The van der Waals surface area contributed by atoms with E-state index in [9.17, 15) is 4.79 Å². The van der Waals surface area contributed by atoms with Gasteiger partial charge in [0.15, 0.2) is 17.3 Å². The summed E-state index contributed by atoms with van der Waals surface area (Å²) in [4.78, 5) is 11.3. The highest BCUT2D eigenvalue weighted by molar-refractivity contribution is 8.59. The van der Waals surface area contributed by atoms with E-state index < -0.39 is 0 Å². The van der Waals surface area contributed by atoms with Gasteiger partial charge in [0.25, 0.3) is 0 Å². The lowest BCUT2D eigenvalue weighted by molar-refractivity contribution is 0.0879. The molecule has 0 atom stereocenters. The fourth-order valence-corrected chi connectivity index (χ4v) is 1.98. The van der Waals surface area contributed by atoms with Gasteiger partial charge in [0.1, 0.15) is 6.61 Å². The Morgan fingerprint density at radius 1 is 1.00 bits per heavy atom. The number of benzene rings is 2. The van der Waals surface area contributed by atoms with Gasteiger partial charge >= 0.3 is 0 Å². The predicted molar refractivity (Wildman–Crippen MR) is 103 cm³/mol. The van der Waals surface area contributed by atoms with Gasteiger partial charge in [-0.1, -0.05) is 30.3 Å². The Kier molecular flexibility index (Phi) is 10.1. The Morgan fingerprint density at radius 2 is 1.71 bits per heavy atom. The van der Waals surface area contributed by atoms with Crippen LogP contribution in [0.5, 0.6) is 11.5 Å². The summed E-state index contributed by atoms with van der Waals surface area (Å²) in [7, 11) is 1.55. The predicted octanol–water partition coefficient (Wildman–Crippen LogP) is 4.25. The molecule has 2 rings (SSSR count). The Hall–Kier alpha value is -1.63. The minimum atomic E-state index is -0.00366. The lowest BCUT2D eigenvalue weighted by atomic mass is 10.1. The molecule has 0 unspecified atom stereocenters. The Morgan fingerprint density at radius 3 is 2.33 bits per heavy atom. The summed E-state index contributed by atoms with van der Waals surface area (Å²) in [5.41, 5.74) is 1.73. The standard InChI is InChI=1S/C18H20O4.H2S2/c1-14(19)16-8-9-17(18(12-16)20-2)22-11-10-21-13-15-6-4-3-5-7-15;1-2/h3-9,12H,10-11,13H2,1-2H3;1-2H. The van der Waals surface area contributed by atoms with Crippen molar-refractivity contribution in [2.45, 2.75) is 13.5 Å². The summed E-state index contributed by atoms with van der Waals surface area (Å²) in [6.07, 6.45) is 0. The molecule has 0 heterocycles. The highest BCUT2D eigenvalue weighted by Gasteiger charge is 2.08. The van der Waals surface area contributed by atoms with Gasteiger partial charge in [-0.2, -0.15) is 0 Å². The smallest absolute Gasteiger partial charge is 0.161 e. The minimum Gasteiger partial charge on any atom is -0.493 e. The molecular formula is C18H22O4S2. The molecule has 0 fully saturated rings. The normalized spacial score (nSPS) is 9.67. The third kappa shape index (κ3) is 6.86. The van der Waals surface area contributed by atoms with Crippen LogP contribution in [0, 0.1) is 0 Å². The molecule has 0 saturated heterocycles. The molecular weight excluding hydrogens is 344 g/mol. The van der Waals surface area contributed by atoms with Gasteiger partial charge in [0.2, 0.25) is 0 Å².